The third-order valence-electron chi connectivity index (χ3n) is 4.13. The van der Waals surface area contributed by atoms with Crippen molar-refractivity contribution in [3.63, 3.8) is 0 Å². The van der Waals surface area contributed by atoms with Crippen LogP contribution in [0.25, 0.3) is 0 Å². The number of allylic oxidation sites excluding steroid dienone is 3. The Labute approximate surface area is 164 Å². The fourth-order valence-electron chi connectivity index (χ4n) is 2.96. The number of carbonyl (C=O) groups excluding carboxylic acids is 2. The van der Waals surface area contributed by atoms with Crippen LogP contribution in [0.15, 0.2) is 39.5 Å². The van der Waals surface area contributed by atoms with Crippen LogP contribution in [0.3, 0.4) is 0 Å². The number of urea groups is 1. The smallest absolute Gasteiger partial charge is 0.323 e. The van der Waals surface area contributed by atoms with Gasteiger partial charge in [0.15, 0.2) is 0 Å². The van der Waals surface area contributed by atoms with Gasteiger partial charge in [0.2, 0.25) is 0 Å². The van der Waals surface area contributed by atoms with Gasteiger partial charge in [0, 0.05) is 16.5 Å². The molecule has 7 heteroatoms. The summed E-state index contributed by atoms with van der Waals surface area (Å²) in [5.41, 5.74) is 0.567. The molecule has 1 aromatic rings. The minimum Gasteiger partial charge on any atom is -0.323 e. The van der Waals surface area contributed by atoms with Crippen LogP contribution >= 0.6 is 45.8 Å². The first-order chi connectivity index (χ1) is 11.3. The van der Waals surface area contributed by atoms with Crippen LogP contribution in [-0.2, 0) is 4.79 Å². The van der Waals surface area contributed by atoms with Gasteiger partial charge in [-0.1, -0.05) is 40.9 Å². The Morgan fingerprint density at radius 2 is 1.83 bits per heavy atom. The summed E-state index contributed by atoms with van der Waals surface area (Å²) in [6.07, 6.45) is 6.45. The average molecular weight is 477 g/mol. The highest BCUT2D eigenvalue weighted by Gasteiger charge is 2.48. The second kappa shape index (κ2) is 6.69. The second-order valence-electron chi connectivity index (χ2n) is 6.15. The van der Waals surface area contributed by atoms with Crippen molar-refractivity contribution in [1.29, 1.82) is 0 Å². The maximum atomic E-state index is 12.9. The zero-order valence-corrected chi connectivity index (χ0v) is 16.6. The Morgan fingerprint density at radius 1 is 1.17 bits per heavy atom. The van der Waals surface area contributed by atoms with E-state index in [4.69, 9.17) is 23.2 Å². The molecule has 1 fully saturated rings. The molecular formula is C17H15Cl2IN2O2. The molecule has 0 spiro atoms. The lowest BCUT2D eigenvalue weighted by atomic mass is 9.89. The van der Waals surface area contributed by atoms with Gasteiger partial charge in [0.1, 0.15) is 5.54 Å². The molecule has 1 aromatic carbocycles. The highest BCUT2D eigenvalue weighted by atomic mass is 127. The fourth-order valence-corrected chi connectivity index (χ4v) is 3.93. The Kier molecular flexibility index (Phi) is 4.95. The standard InChI is InChI=1S/C17H15Cl2IN2O2/c1-17(9-10-2-4-13(20)5-3-10)15(23)22(16(24)21-17)14-7-11(18)6-12(19)8-14/h2,4,6-8H,3,5,9H2,1H3,(H,21,24). The molecule has 0 aromatic heterocycles. The summed E-state index contributed by atoms with van der Waals surface area (Å²) in [5.74, 6) is -0.295. The van der Waals surface area contributed by atoms with E-state index in [9.17, 15) is 9.59 Å². The predicted octanol–water partition coefficient (Wildman–Crippen LogP) is 5.24. The summed E-state index contributed by atoms with van der Waals surface area (Å²) < 4.78 is 1.29. The molecule has 4 nitrogen and oxygen atoms in total. The van der Waals surface area contributed by atoms with Gasteiger partial charge >= 0.3 is 6.03 Å². The maximum Gasteiger partial charge on any atom is 0.329 e. The van der Waals surface area contributed by atoms with Crippen molar-refractivity contribution < 1.29 is 9.59 Å². The van der Waals surface area contributed by atoms with E-state index < -0.39 is 11.6 Å². The van der Waals surface area contributed by atoms with Crippen molar-refractivity contribution in [2.24, 2.45) is 0 Å². The van der Waals surface area contributed by atoms with E-state index in [2.05, 4.69) is 34.0 Å². The zero-order valence-electron chi connectivity index (χ0n) is 12.9. The molecule has 0 bridgehead atoms. The van der Waals surface area contributed by atoms with E-state index in [1.165, 1.54) is 3.58 Å². The van der Waals surface area contributed by atoms with E-state index in [0.29, 0.717) is 22.2 Å². The molecule has 24 heavy (non-hydrogen) atoms. The van der Waals surface area contributed by atoms with E-state index in [1.807, 2.05) is 6.08 Å². The number of nitrogens with one attached hydrogen (secondary N) is 1. The molecule has 2 aliphatic rings. The minimum absolute atomic E-state index is 0.295. The molecule has 1 heterocycles. The SMILES string of the molecule is CC1(CC2=CC=C(I)CC2)NC(=O)N(c2cc(Cl)cc(Cl)c2)C1=O. The van der Waals surface area contributed by atoms with Gasteiger partial charge in [-0.2, -0.15) is 0 Å². The van der Waals surface area contributed by atoms with Crippen molar-refractivity contribution in [2.45, 2.75) is 31.7 Å². The fraction of sp³-hybridized carbons (Fsp3) is 0.294. The topological polar surface area (TPSA) is 49.4 Å². The van der Waals surface area contributed by atoms with Gasteiger partial charge in [-0.25, -0.2) is 9.69 Å². The summed E-state index contributed by atoms with van der Waals surface area (Å²) >= 11 is 14.3. The summed E-state index contributed by atoms with van der Waals surface area (Å²) in [6, 6.07) is 4.22. The molecule has 0 radical (unpaired) electrons. The second-order valence-corrected chi connectivity index (χ2v) is 8.40. The summed E-state index contributed by atoms with van der Waals surface area (Å²) in [4.78, 5) is 26.4. The Hall–Kier alpha value is -1.05. The number of nitrogens with zero attached hydrogens (tertiary/aromatic N) is 1. The molecule has 3 amide bonds. The van der Waals surface area contributed by atoms with Crippen molar-refractivity contribution in [2.75, 3.05) is 4.90 Å². The third-order valence-corrected chi connectivity index (χ3v) is 5.47. The van der Waals surface area contributed by atoms with Crippen molar-refractivity contribution >= 4 is 63.4 Å². The lowest BCUT2D eigenvalue weighted by molar-refractivity contribution is -0.121. The number of halogens is 3. The lowest BCUT2D eigenvalue weighted by Crippen LogP contribution is -2.44. The molecule has 1 atom stereocenters. The quantitative estimate of drug-likeness (QED) is 0.479. The first-order valence-corrected chi connectivity index (χ1v) is 9.29. The highest BCUT2D eigenvalue weighted by Crippen LogP contribution is 2.34. The molecule has 1 aliphatic heterocycles. The number of imide groups is 1. The Balaban J connectivity index is 1.88. The van der Waals surface area contributed by atoms with Crippen LogP contribution in [0, 0.1) is 0 Å². The van der Waals surface area contributed by atoms with Crippen LogP contribution in [0.5, 0.6) is 0 Å². The number of rotatable bonds is 3. The van der Waals surface area contributed by atoms with Crippen LogP contribution in [0.1, 0.15) is 26.2 Å². The normalized spacial score (nSPS) is 23.9. The van der Waals surface area contributed by atoms with E-state index in [-0.39, 0.29) is 5.91 Å². The first-order valence-electron chi connectivity index (χ1n) is 7.45. The number of benzene rings is 1. The number of hydrogen-bond acceptors (Lipinski definition) is 2. The molecular weight excluding hydrogens is 462 g/mol. The largest absolute Gasteiger partial charge is 0.329 e. The van der Waals surface area contributed by atoms with Crippen LogP contribution in [0.4, 0.5) is 10.5 Å². The Bertz CT molecular complexity index is 771. The van der Waals surface area contributed by atoms with Crippen molar-refractivity contribution in [1.82, 2.24) is 5.32 Å². The molecule has 3 rings (SSSR count). The van der Waals surface area contributed by atoms with Gasteiger partial charge in [-0.3, -0.25) is 4.79 Å². The van der Waals surface area contributed by atoms with Gasteiger partial charge in [0.05, 0.1) is 5.69 Å². The summed E-state index contributed by atoms with van der Waals surface area (Å²) in [5, 5.41) is 3.57. The van der Waals surface area contributed by atoms with Gasteiger partial charge < -0.3 is 5.32 Å². The van der Waals surface area contributed by atoms with Crippen molar-refractivity contribution in [3.05, 3.63) is 49.5 Å². The third kappa shape index (κ3) is 3.48. The number of anilines is 1. The molecule has 1 saturated heterocycles. The molecule has 1 N–H and O–H groups in total. The summed E-state index contributed by atoms with van der Waals surface area (Å²) in [7, 11) is 0. The van der Waals surface area contributed by atoms with Crippen LogP contribution in [0.2, 0.25) is 10.0 Å². The van der Waals surface area contributed by atoms with E-state index >= 15 is 0 Å². The number of carbonyl (C=O) groups is 2. The first kappa shape index (κ1) is 17.8. The molecule has 1 unspecified atom stereocenters. The molecule has 126 valence electrons. The maximum absolute atomic E-state index is 12.9. The number of hydrogen-bond donors (Lipinski definition) is 1. The average Bonchev–Trinajstić information content (AvgIpc) is 2.70. The molecule has 0 saturated carbocycles. The van der Waals surface area contributed by atoms with Gasteiger partial charge in [-0.15, -0.1) is 0 Å². The lowest BCUT2D eigenvalue weighted by Gasteiger charge is -2.24. The predicted molar refractivity (Wildman–Crippen MR) is 105 cm³/mol. The van der Waals surface area contributed by atoms with E-state index in [1.54, 1.807) is 25.1 Å². The summed E-state index contributed by atoms with van der Waals surface area (Å²) in [6.45, 7) is 1.75. The monoisotopic (exact) mass is 476 g/mol. The van der Waals surface area contributed by atoms with Gasteiger partial charge in [0.25, 0.3) is 5.91 Å². The number of amides is 3. The molecule has 1 aliphatic carbocycles. The minimum atomic E-state index is -0.964. The van der Waals surface area contributed by atoms with Crippen molar-refractivity contribution in [3.8, 4) is 0 Å². The Morgan fingerprint density at radius 3 is 2.42 bits per heavy atom. The van der Waals surface area contributed by atoms with Crippen LogP contribution in [-0.4, -0.2) is 17.5 Å². The zero-order chi connectivity index (χ0) is 17.5. The van der Waals surface area contributed by atoms with E-state index in [0.717, 1.165) is 23.3 Å². The van der Waals surface area contributed by atoms with Gasteiger partial charge in [-0.05, 0) is 64.1 Å². The highest BCUT2D eigenvalue weighted by molar-refractivity contribution is 14.1. The van der Waals surface area contributed by atoms with Crippen LogP contribution < -0.4 is 10.2 Å².